The number of hydrogen-bond acceptors (Lipinski definition) is 4. The molecule has 3 rings (SSSR count). The number of aromatic nitrogens is 3. The van der Waals surface area contributed by atoms with Crippen LogP contribution < -0.4 is 0 Å². The smallest absolute Gasteiger partial charge is 0.106 e. The second-order valence-corrected chi connectivity index (χ2v) is 5.37. The molecule has 0 aliphatic rings. The van der Waals surface area contributed by atoms with E-state index in [0.29, 0.717) is 5.69 Å². The van der Waals surface area contributed by atoms with Gasteiger partial charge in [0.05, 0.1) is 22.7 Å². The maximum absolute atomic E-state index is 10.9. The Morgan fingerprint density at radius 1 is 1.25 bits per heavy atom. The van der Waals surface area contributed by atoms with E-state index in [1.807, 2.05) is 37.3 Å². The molecule has 2 unspecified atom stereocenters. The van der Waals surface area contributed by atoms with Crippen molar-refractivity contribution in [1.29, 1.82) is 0 Å². The minimum Gasteiger partial charge on any atom is -0.755 e. The Kier molecular flexibility index (Phi) is 3.33. The fourth-order valence-electron chi connectivity index (χ4n) is 2.25. The van der Waals surface area contributed by atoms with Crippen LogP contribution in [0.15, 0.2) is 49.1 Å². The van der Waals surface area contributed by atoms with E-state index in [4.69, 9.17) is 0 Å². The summed E-state index contributed by atoms with van der Waals surface area (Å²) in [5.41, 5.74) is 1.57. The summed E-state index contributed by atoms with van der Waals surface area (Å²) in [7, 11) is 0. The largest absolute Gasteiger partial charge is 0.755 e. The Bertz CT molecular complexity index is 779. The van der Waals surface area contributed by atoms with Gasteiger partial charge in [0.2, 0.25) is 0 Å². The summed E-state index contributed by atoms with van der Waals surface area (Å²) in [5.74, 6) is -0.0779. The van der Waals surface area contributed by atoms with Crippen molar-refractivity contribution in [2.45, 2.75) is 12.8 Å². The molecule has 0 aliphatic carbocycles. The van der Waals surface area contributed by atoms with E-state index in [0.717, 1.165) is 20.4 Å². The highest BCUT2D eigenvalue weighted by Gasteiger charge is 2.15. The zero-order chi connectivity index (χ0) is 14.1. The van der Waals surface area contributed by atoms with Crippen molar-refractivity contribution in [3.8, 4) is 0 Å². The summed E-state index contributed by atoms with van der Waals surface area (Å²) >= 11 is -2.32. The summed E-state index contributed by atoms with van der Waals surface area (Å²) in [6, 6.07) is 9.93. The predicted octanol–water partition coefficient (Wildman–Crippen LogP) is 2.23. The molecule has 0 spiro atoms. The van der Waals surface area contributed by atoms with Gasteiger partial charge in [0.25, 0.3) is 0 Å². The summed E-state index contributed by atoms with van der Waals surface area (Å²) in [4.78, 5) is 8.58. The maximum atomic E-state index is 10.9. The van der Waals surface area contributed by atoms with Gasteiger partial charge in [-0.1, -0.05) is 31.2 Å². The van der Waals surface area contributed by atoms with E-state index in [9.17, 15) is 8.76 Å². The van der Waals surface area contributed by atoms with Gasteiger partial charge in [-0.2, -0.15) is 0 Å². The normalized spacial score (nSPS) is 14.3. The first-order chi connectivity index (χ1) is 9.66. The van der Waals surface area contributed by atoms with Gasteiger partial charge in [-0.15, -0.1) is 0 Å². The van der Waals surface area contributed by atoms with Crippen LogP contribution in [-0.4, -0.2) is 22.7 Å². The zero-order valence-electron chi connectivity index (χ0n) is 10.8. The highest BCUT2D eigenvalue weighted by molar-refractivity contribution is 7.77. The third-order valence-corrected chi connectivity index (χ3v) is 3.85. The Labute approximate surface area is 118 Å². The molecule has 0 N–H and O–H groups in total. The molecule has 0 saturated heterocycles. The molecule has 5 nitrogen and oxygen atoms in total. The zero-order valence-corrected chi connectivity index (χ0v) is 11.6. The first-order valence-electron chi connectivity index (χ1n) is 6.14. The van der Waals surface area contributed by atoms with Crippen molar-refractivity contribution in [3.63, 3.8) is 0 Å². The Morgan fingerprint density at radius 3 is 2.80 bits per heavy atom. The van der Waals surface area contributed by atoms with Crippen LogP contribution in [0.1, 0.15) is 24.2 Å². The van der Waals surface area contributed by atoms with Gasteiger partial charge in [0.15, 0.2) is 0 Å². The van der Waals surface area contributed by atoms with Crippen molar-refractivity contribution in [3.05, 3.63) is 60.4 Å². The molecule has 6 heteroatoms. The molecule has 0 fully saturated rings. The van der Waals surface area contributed by atoms with Gasteiger partial charge < -0.3 is 4.55 Å². The fraction of sp³-hybridized carbons (Fsp3) is 0.143. The van der Waals surface area contributed by atoms with E-state index < -0.39 is 11.3 Å². The van der Waals surface area contributed by atoms with E-state index in [-0.39, 0.29) is 5.92 Å². The lowest BCUT2D eigenvalue weighted by molar-refractivity contribution is 0.527. The number of pyridine rings is 1. The number of nitrogens with zero attached hydrogens (tertiary/aromatic N) is 3. The molecule has 0 bridgehead atoms. The van der Waals surface area contributed by atoms with Crippen LogP contribution in [0, 0.1) is 0 Å². The number of imidazole rings is 1. The lowest BCUT2D eigenvalue weighted by atomic mass is 9.98. The van der Waals surface area contributed by atoms with Crippen LogP contribution in [0.4, 0.5) is 0 Å². The summed E-state index contributed by atoms with van der Waals surface area (Å²) < 4.78 is 22.8. The minimum absolute atomic E-state index is 0.0779. The van der Waals surface area contributed by atoms with Crippen LogP contribution >= 0.6 is 0 Å². The van der Waals surface area contributed by atoms with E-state index in [1.165, 1.54) is 12.5 Å². The first-order valence-corrected chi connectivity index (χ1v) is 7.17. The molecule has 0 radical (unpaired) electrons. The minimum atomic E-state index is -2.32. The van der Waals surface area contributed by atoms with Gasteiger partial charge >= 0.3 is 0 Å². The average molecular weight is 286 g/mol. The van der Waals surface area contributed by atoms with Gasteiger partial charge in [-0.25, -0.2) is 4.98 Å². The van der Waals surface area contributed by atoms with Gasteiger partial charge in [-0.05, 0) is 11.5 Å². The molecule has 0 saturated carbocycles. The highest BCUT2D eigenvalue weighted by Crippen LogP contribution is 2.27. The molecule has 0 amide bonds. The number of hydrogen-bond donors (Lipinski definition) is 0. The summed E-state index contributed by atoms with van der Waals surface area (Å²) in [6.45, 7) is 1.97. The van der Waals surface area contributed by atoms with Crippen LogP contribution in [0.2, 0.25) is 0 Å². The standard InChI is InChI=1S/C14H13N3O2S/c1-10(13-8-17(9-16-13)20(18)19)14-12-5-3-2-4-11(12)6-7-15-14/h2-10H,1H3,(H,18,19)/p-1. The van der Waals surface area contributed by atoms with Crippen molar-refractivity contribution in [2.75, 3.05) is 0 Å². The molecular weight excluding hydrogens is 274 g/mol. The Balaban J connectivity index is 2.07. The molecule has 2 heterocycles. The van der Waals surface area contributed by atoms with Crippen LogP contribution in [-0.2, 0) is 11.3 Å². The molecule has 102 valence electrons. The second-order valence-electron chi connectivity index (χ2n) is 4.51. The Morgan fingerprint density at radius 2 is 2.05 bits per heavy atom. The van der Waals surface area contributed by atoms with E-state index >= 15 is 0 Å². The number of benzene rings is 1. The topological polar surface area (TPSA) is 70.8 Å². The van der Waals surface area contributed by atoms with Crippen LogP contribution in [0.3, 0.4) is 0 Å². The molecule has 20 heavy (non-hydrogen) atoms. The predicted molar refractivity (Wildman–Crippen MR) is 75.8 cm³/mol. The van der Waals surface area contributed by atoms with Crippen molar-refractivity contribution < 1.29 is 8.76 Å². The SMILES string of the molecule is CC(c1cn(S(=O)[O-])cn1)c1nccc2ccccc12. The molecular formula is C14H12N3O2S-. The number of rotatable bonds is 3. The fourth-order valence-corrected chi connectivity index (χ4v) is 2.57. The first kappa shape index (κ1) is 13.0. The average Bonchev–Trinajstić information content (AvgIpc) is 2.96. The third kappa shape index (κ3) is 2.23. The molecule has 1 aromatic carbocycles. The number of fused-ring (bicyclic) bond motifs is 1. The Hall–Kier alpha value is -2.05. The second kappa shape index (κ2) is 5.15. The molecule has 0 aliphatic heterocycles. The summed E-state index contributed by atoms with van der Waals surface area (Å²) in [5, 5.41) is 2.16. The van der Waals surface area contributed by atoms with Gasteiger partial charge in [0.1, 0.15) is 6.33 Å². The van der Waals surface area contributed by atoms with Gasteiger partial charge in [-0.3, -0.25) is 13.2 Å². The quantitative estimate of drug-likeness (QED) is 0.692. The van der Waals surface area contributed by atoms with E-state index in [2.05, 4.69) is 9.97 Å². The van der Waals surface area contributed by atoms with Crippen LogP contribution in [0.25, 0.3) is 10.8 Å². The molecule has 3 aromatic rings. The highest BCUT2D eigenvalue weighted by atomic mass is 32.2. The third-order valence-electron chi connectivity index (χ3n) is 3.31. The van der Waals surface area contributed by atoms with Crippen molar-refractivity contribution >= 4 is 22.0 Å². The van der Waals surface area contributed by atoms with Crippen LogP contribution in [0.5, 0.6) is 0 Å². The molecule has 2 atom stereocenters. The van der Waals surface area contributed by atoms with Gasteiger partial charge in [0, 0.05) is 23.7 Å². The summed E-state index contributed by atoms with van der Waals surface area (Å²) in [6.07, 6.45) is 4.56. The van der Waals surface area contributed by atoms with Crippen molar-refractivity contribution in [2.24, 2.45) is 0 Å². The monoisotopic (exact) mass is 286 g/mol. The maximum Gasteiger partial charge on any atom is 0.106 e. The lowest BCUT2D eigenvalue weighted by Crippen LogP contribution is -2.02. The van der Waals surface area contributed by atoms with Crippen molar-refractivity contribution in [1.82, 2.24) is 13.9 Å². The molecule has 2 aromatic heterocycles. The lowest BCUT2D eigenvalue weighted by Gasteiger charge is -2.11. The van der Waals surface area contributed by atoms with E-state index in [1.54, 1.807) is 6.20 Å².